The van der Waals surface area contributed by atoms with Gasteiger partial charge >= 0.3 is 0 Å². The third kappa shape index (κ3) is 3.94. The molecule has 1 aliphatic rings. The average Bonchev–Trinajstić information content (AvgIpc) is 3.47. The maximum Gasteiger partial charge on any atom is 0.230 e. The van der Waals surface area contributed by atoms with Crippen LogP contribution in [-0.2, 0) is 20.1 Å². The van der Waals surface area contributed by atoms with Crippen LogP contribution in [0.4, 0.5) is 17.6 Å². The van der Waals surface area contributed by atoms with E-state index in [-0.39, 0.29) is 12.6 Å². The van der Waals surface area contributed by atoms with Crippen molar-refractivity contribution < 1.29 is 5.11 Å². The van der Waals surface area contributed by atoms with Gasteiger partial charge < -0.3 is 15.3 Å². The van der Waals surface area contributed by atoms with Gasteiger partial charge in [-0.2, -0.15) is 15.2 Å². The molecule has 10 heteroatoms. The van der Waals surface area contributed by atoms with Crippen molar-refractivity contribution in [2.45, 2.75) is 33.0 Å². The van der Waals surface area contributed by atoms with Crippen LogP contribution in [0.25, 0.3) is 0 Å². The Bertz CT molecular complexity index is 1310. The molecule has 1 aromatic carbocycles. The van der Waals surface area contributed by atoms with Gasteiger partial charge in [-0.15, -0.1) is 0 Å². The van der Waals surface area contributed by atoms with E-state index in [1.807, 2.05) is 62.1 Å². The standard InChI is InChI=1S/C23H25ClN8O/c1-14-10-25-23(27-21-7-8-26-30(21)3)28-22(14)31-11-18-15(2)32(29-19(18)12-31)20(13-33)16-5-4-6-17(24)9-16/h4-10,20,33H,11-13H2,1-3H3,(H,25,27,28). The Balaban J connectivity index is 1.40. The number of aliphatic hydroxyl groups is 1. The van der Waals surface area contributed by atoms with Gasteiger partial charge in [0.2, 0.25) is 5.95 Å². The minimum Gasteiger partial charge on any atom is -0.394 e. The number of benzene rings is 1. The number of hydrogen-bond donors (Lipinski definition) is 2. The normalized spacial score (nSPS) is 13.9. The van der Waals surface area contributed by atoms with Crippen molar-refractivity contribution in [1.82, 2.24) is 29.5 Å². The lowest BCUT2D eigenvalue weighted by molar-refractivity contribution is 0.238. The molecule has 1 unspecified atom stereocenters. The maximum absolute atomic E-state index is 10.1. The van der Waals surface area contributed by atoms with Crippen LogP contribution in [0, 0.1) is 13.8 Å². The summed E-state index contributed by atoms with van der Waals surface area (Å²) in [5.74, 6) is 2.21. The molecule has 0 fully saturated rings. The summed E-state index contributed by atoms with van der Waals surface area (Å²) in [6.45, 7) is 5.33. The smallest absolute Gasteiger partial charge is 0.230 e. The quantitative estimate of drug-likeness (QED) is 0.450. The van der Waals surface area contributed by atoms with E-state index in [0.717, 1.165) is 39.7 Å². The van der Waals surface area contributed by atoms with Gasteiger partial charge in [0.15, 0.2) is 0 Å². The van der Waals surface area contributed by atoms with Crippen molar-refractivity contribution in [3.05, 3.63) is 75.8 Å². The molecule has 3 aromatic heterocycles. The highest BCUT2D eigenvalue weighted by atomic mass is 35.5. The van der Waals surface area contributed by atoms with E-state index < -0.39 is 0 Å². The molecule has 0 amide bonds. The van der Waals surface area contributed by atoms with E-state index >= 15 is 0 Å². The van der Waals surface area contributed by atoms with Gasteiger partial charge in [0.05, 0.1) is 25.0 Å². The molecular weight excluding hydrogens is 440 g/mol. The predicted molar refractivity (Wildman–Crippen MR) is 127 cm³/mol. The summed E-state index contributed by atoms with van der Waals surface area (Å²) < 4.78 is 3.65. The summed E-state index contributed by atoms with van der Waals surface area (Å²) in [4.78, 5) is 11.4. The number of aryl methyl sites for hydroxylation is 2. The Morgan fingerprint density at radius 1 is 1.21 bits per heavy atom. The summed E-state index contributed by atoms with van der Waals surface area (Å²) in [7, 11) is 1.86. The topological polar surface area (TPSA) is 96.9 Å². The maximum atomic E-state index is 10.1. The molecule has 4 heterocycles. The van der Waals surface area contributed by atoms with Crippen LogP contribution in [0.2, 0.25) is 5.02 Å². The molecule has 0 bridgehead atoms. The lowest BCUT2D eigenvalue weighted by Gasteiger charge is -2.22. The third-order valence-corrected chi connectivity index (χ3v) is 6.29. The van der Waals surface area contributed by atoms with E-state index in [9.17, 15) is 5.11 Å². The van der Waals surface area contributed by atoms with Crippen LogP contribution in [0.1, 0.15) is 34.1 Å². The number of hydrogen-bond acceptors (Lipinski definition) is 7. The number of halogens is 1. The number of aliphatic hydroxyl groups excluding tert-OH is 1. The molecule has 0 saturated carbocycles. The van der Waals surface area contributed by atoms with E-state index in [4.69, 9.17) is 21.7 Å². The van der Waals surface area contributed by atoms with Crippen molar-refractivity contribution in [2.75, 3.05) is 16.8 Å². The Kier molecular flexibility index (Phi) is 5.51. The molecule has 0 saturated heterocycles. The first-order valence-corrected chi connectivity index (χ1v) is 11.1. The second-order valence-electron chi connectivity index (χ2n) is 8.23. The number of fused-ring (bicyclic) bond motifs is 1. The van der Waals surface area contributed by atoms with Gasteiger partial charge in [-0.05, 0) is 31.5 Å². The lowest BCUT2D eigenvalue weighted by atomic mass is 10.1. The van der Waals surface area contributed by atoms with E-state index in [2.05, 4.69) is 20.3 Å². The fraction of sp³-hybridized carbons (Fsp3) is 0.304. The van der Waals surface area contributed by atoms with Gasteiger partial charge in [-0.1, -0.05) is 23.7 Å². The van der Waals surface area contributed by atoms with E-state index in [1.165, 1.54) is 0 Å². The molecule has 9 nitrogen and oxygen atoms in total. The molecule has 170 valence electrons. The van der Waals surface area contributed by atoms with Crippen molar-refractivity contribution in [3.63, 3.8) is 0 Å². The second kappa shape index (κ2) is 8.49. The fourth-order valence-corrected chi connectivity index (χ4v) is 4.49. The van der Waals surface area contributed by atoms with Crippen molar-refractivity contribution in [1.29, 1.82) is 0 Å². The largest absolute Gasteiger partial charge is 0.394 e. The highest BCUT2D eigenvalue weighted by Crippen LogP contribution is 2.33. The number of nitrogens with zero attached hydrogens (tertiary/aromatic N) is 7. The molecule has 1 atom stereocenters. The average molecular weight is 465 g/mol. The third-order valence-electron chi connectivity index (χ3n) is 6.05. The zero-order chi connectivity index (χ0) is 23.1. The van der Waals surface area contributed by atoms with Crippen molar-refractivity contribution in [3.8, 4) is 0 Å². The highest BCUT2D eigenvalue weighted by Gasteiger charge is 2.30. The minimum atomic E-state index is -0.279. The molecule has 2 N–H and O–H groups in total. The van der Waals surface area contributed by atoms with Gasteiger partial charge in [0.1, 0.15) is 17.7 Å². The van der Waals surface area contributed by atoms with Crippen LogP contribution in [-0.4, -0.2) is 41.2 Å². The van der Waals surface area contributed by atoms with Crippen LogP contribution in [0.5, 0.6) is 0 Å². The highest BCUT2D eigenvalue weighted by molar-refractivity contribution is 6.30. The summed E-state index contributed by atoms with van der Waals surface area (Å²) in [5.41, 5.74) is 5.12. The number of nitrogens with one attached hydrogen (secondary N) is 1. The Labute approximate surface area is 196 Å². The van der Waals surface area contributed by atoms with Crippen LogP contribution < -0.4 is 10.2 Å². The first-order valence-electron chi connectivity index (χ1n) is 10.7. The van der Waals surface area contributed by atoms with E-state index in [0.29, 0.717) is 24.1 Å². The summed E-state index contributed by atoms with van der Waals surface area (Å²) >= 11 is 6.18. The molecule has 0 aliphatic carbocycles. The van der Waals surface area contributed by atoms with Crippen LogP contribution in [0.3, 0.4) is 0 Å². The number of rotatable bonds is 6. The molecule has 0 spiro atoms. The molecule has 33 heavy (non-hydrogen) atoms. The van der Waals surface area contributed by atoms with Gasteiger partial charge in [0.25, 0.3) is 0 Å². The lowest BCUT2D eigenvalue weighted by Crippen LogP contribution is -2.22. The Hall–Kier alpha value is -3.43. The molecule has 5 rings (SSSR count). The predicted octanol–water partition coefficient (Wildman–Crippen LogP) is 3.52. The second-order valence-corrected chi connectivity index (χ2v) is 8.67. The SMILES string of the molecule is Cc1cnc(Nc2ccnn2C)nc1N1Cc2nn(C(CO)c3cccc(Cl)c3)c(C)c2C1. The van der Waals surface area contributed by atoms with Crippen LogP contribution >= 0.6 is 11.6 Å². The first kappa shape index (κ1) is 21.4. The van der Waals surface area contributed by atoms with Crippen molar-refractivity contribution >= 4 is 29.2 Å². The van der Waals surface area contributed by atoms with Gasteiger partial charge in [0, 0.05) is 47.7 Å². The fourth-order valence-electron chi connectivity index (χ4n) is 4.29. The van der Waals surface area contributed by atoms with E-state index in [1.54, 1.807) is 10.9 Å². The van der Waals surface area contributed by atoms with Crippen LogP contribution in [0.15, 0.2) is 42.7 Å². The summed E-state index contributed by atoms with van der Waals surface area (Å²) in [6, 6.07) is 9.16. The Morgan fingerprint density at radius 3 is 2.76 bits per heavy atom. The summed E-state index contributed by atoms with van der Waals surface area (Å²) in [5, 5.41) is 23.0. The molecule has 0 radical (unpaired) electrons. The number of anilines is 3. The van der Waals surface area contributed by atoms with Crippen molar-refractivity contribution in [2.24, 2.45) is 7.05 Å². The van der Waals surface area contributed by atoms with Gasteiger partial charge in [-0.3, -0.25) is 9.36 Å². The molecular formula is C23H25ClN8O. The Morgan fingerprint density at radius 2 is 2.06 bits per heavy atom. The minimum absolute atomic E-state index is 0.0560. The monoisotopic (exact) mass is 464 g/mol. The first-order chi connectivity index (χ1) is 15.9. The zero-order valence-corrected chi connectivity index (χ0v) is 19.5. The number of aromatic nitrogens is 6. The zero-order valence-electron chi connectivity index (χ0n) is 18.7. The molecule has 4 aromatic rings. The summed E-state index contributed by atoms with van der Waals surface area (Å²) in [6.07, 6.45) is 3.55. The van der Waals surface area contributed by atoms with Gasteiger partial charge in [-0.25, -0.2) is 4.98 Å². The molecule has 1 aliphatic heterocycles.